The minimum absolute atomic E-state index is 0.0761. The van der Waals surface area contributed by atoms with Crippen LogP contribution < -0.4 is 10.1 Å². The van der Waals surface area contributed by atoms with Gasteiger partial charge in [-0.25, -0.2) is 14.2 Å². The number of aromatic nitrogens is 2. The molecule has 1 aromatic heterocycles. The number of piperidine rings is 1. The van der Waals surface area contributed by atoms with E-state index in [-0.39, 0.29) is 34.5 Å². The molecule has 7 nitrogen and oxygen atoms in total. The summed E-state index contributed by atoms with van der Waals surface area (Å²) in [7, 11) is 0. The van der Waals surface area contributed by atoms with E-state index < -0.39 is 11.6 Å². The van der Waals surface area contributed by atoms with E-state index in [1.807, 2.05) is 13.8 Å². The van der Waals surface area contributed by atoms with Crippen LogP contribution in [0.15, 0.2) is 24.5 Å². The molecule has 1 N–H and O–H groups in total. The lowest BCUT2D eigenvalue weighted by Crippen LogP contribution is -2.42. The molecule has 176 valence electrons. The van der Waals surface area contributed by atoms with Gasteiger partial charge in [-0.05, 0) is 62.6 Å². The topological polar surface area (TPSA) is 76.6 Å². The molecule has 1 aliphatic heterocycles. The minimum atomic E-state index is -0.760. The largest absolute Gasteiger partial charge is 0.475 e. The summed E-state index contributed by atoms with van der Waals surface area (Å²) in [6.45, 7) is 5.43. The Labute approximate surface area is 191 Å². The van der Waals surface area contributed by atoms with Crippen LogP contribution in [0, 0.1) is 23.0 Å². The Balaban J connectivity index is 1.19. The molecule has 1 aromatic carbocycles. The van der Waals surface area contributed by atoms with Crippen molar-refractivity contribution in [2.45, 2.75) is 51.6 Å². The number of ether oxygens (including phenoxy) is 2. The highest BCUT2D eigenvalue weighted by Gasteiger charge is 2.58. The fourth-order valence-electron chi connectivity index (χ4n) is 4.44. The normalized spacial score (nSPS) is 24.6. The molecule has 9 heteroatoms. The van der Waals surface area contributed by atoms with E-state index in [1.165, 1.54) is 12.4 Å². The van der Waals surface area contributed by atoms with Crippen LogP contribution in [0.4, 0.5) is 25.1 Å². The first-order valence-electron chi connectivity index (χ1n) is 11.5. The Hall–Kier alpha value is -2.97. The lowest BCUT2D eigenvalue weighted by molar-refractivity contribution is 0.0438. The van der Waals surface area contributed by atoms with Crippen molar-refractivity contribution in [3.8, 4) is 5.88 Å². The van der Waals surface area contributed by atoms with Crippen LogP contribution in [0.2, 0.25) is 0 Å². The van der Waals surface area contributed by atoms with Crippen molar-refractivity contribution in [3.63, 3.8) is 0 Å². The highest BCUT2D eigenvalue weighted by molar-refractivity contribution is 5.69. The first-order valence-corrected chi connectivity index (χ1v) is 11.5. The van der Waals surface area contributed by atoms with Gasteiger partial charge in [0.2, 0.25) is 5.82 Å². The standard InChI is InChI=1S/C24H28F2N4O3/c1-3-15-4-5-18(17(25)10-15)29-20-19(26)21(28-14-27-20)32-13-24-8-9-30(12-16(24)11-24)22(31)33-23(2)6-7-23/h4-5,10,14,16H,3,6-9,11-13H2,1-2H3,(H,27,28,29). The van der Waals surface area contributed by atoms with Crippen molar-refractivity contribution in [1.82, 2.24) is 14.9 Å². The van der Waals surface area contributed by atoms with Crippen LogP contribution in [-0.2, 0) is 11.2 Å². The first-order chi connectivity index (χ1) is 15.8. The number of nitrogens with zero attached hydrogens (tertiary/aromatic N) is 3. The molecule has 0 spiro atoms. The Kier molecular flexibility index (Phi) is 5.37. The Morgan fingerprint density at radius 1 is 1.27 bits per heavy atom. The highest BCUT2D eigenvalue weighted by Crippen LogP contribution is 2.58. The number of carbonyl (C=O) groups excluding carboxylic acids is 1. The summed E-state index contributed by atoms with van der Waals surface area (Å²) < 4.78 is 40.6. The molecule has 3 fully saturated rings. The predicted octanol–water partition coefficient (Wildman–Crippen LogP) is 4.84. The van der Waals surface area contributed by atoms with Crippen molar-refractivity contribution in [2.75, 3.05) is 25.0 Å². The molecule has 0 radical (unpaired) electrons. The Bertz CT molecular complexity index is 1080. The summed E-state index contributed by atoms with van der Waals surface area (Å²) >= 11 is 0. The lowest BCUT2D eigenvalue weighted by atomic mass is 9.96. The predicted molar refractivity (Wildman–Crippen MR) is 117 cm³/mol. The van der Waals surface area contributed by atoms with Gasteiger partial charge in [-0.1, -0.05) is 13.0 Å². The number of nitrogens with one attached hydrogen (secondary N) is 1. The van der Waals surface area contributed by atoms with E-state index in [1.54, 1.807) is 17.0 Å². The van der Waals surface area contributed by atoms with Gasteiger partial charge >= 0.3 is 6.09 Å². The van der Waals surface area contributed by atoms with E-state index in [9.17, 15) is 13.6 Å². The van der Waals surface area contributed by atoms with Crippen LogP contribution in [0.25, 0.3) is 0 Å². The number of rotatable bonds is 7. The van der Waals surface area contributed by atoms with Crippen LogP contribution in [0.3, 0.4) is 0 Å². The molecular weight excluding hydrogens is 430 g/mol. The van der Waals surface area contributed by atoms with Gasteiger partial charge in [-0.15, -0.1) is 0 Å². The zero-order valence-electron chi connectivity index (χ0n) is 18.9. The number of anilines is 2. The van der Waals surface area contributed by atoms with E-state index in [0.29, 0.717) is 32.0 Å². The van der Waals surface area contributed by atoms with Crippen molar-refractivity contribution >= 4 is 17.6 Å². The SMILES string of the molecule is CCc1ccc(Nc2ncnc(OCC34CCN(C(=O)OC5(C)CC5)CC3C4)c2F)c(F)c1. The zero-order chi connectivity index (χ0) is 23.2. The van der Waals surface area contributed by atoms with Gasteiger partial charge in [-0.3, -0.25) is 0 Å². The van der Waals surface area contributed by atoms with E-state index in [4.69, 9.17) is 9.47 Å². The van der Waals surface area contributed by atoms with E-state index in [0.717, 1.165) is 31.2 Å². The number of carbonyl (C=O) groups is 1. The Morgan fingerprint density at radius 2 is 2.09 bits per heavy atom. The summed E-state index contributed by atoms with van der Waals surface area (Å²) in [4.78, 5) is 22.0. The Morgan fingerprint density at radius 3 is 2.79 bits per heavy atom. The average Bonchev–Trinajstić information content (AvgIpc) is 3.71. The third-order valence-electron chi connectivity index (χ3n) is 7.17. The first kappa shape index (κ1) is 21.9. The number of benzene rings is 1. The maximum absolute atomic E-state index is 15.0. The fraction of sp³-hybridized carbons (Fsp3) is 0.542. The maximum Gasteiger partial charge on any atom is 0.410 e. The van der Waals surface area contributed by atoms with E-state index in [2.05, 4.69) is 15.3 Å². The second-order valence-electron chi connectivity index (χ2n) is 9.70. The number of fused-ring (bicyclic) bond motifs is 1. The smallest absolute Gasteiger partial charge is 0.410 e. The summed E-state index contributed by atoms with van der Waals surface area (Å²) in [6, 6.07) is 4.76. The summed E-state index contributed by atoms with van der Waals surface area (Å²) in [5.74, 6) is -1.24. The summed E-state index contributed by atoms with van der Waals surface area (Å²) in [5, 5.41) is 2.69. The third kappa shape index (κ3) is 4.45. The molecule has 0 bridgehead atoms. The summed E-state index contributed by atoms with van der Waals surface area (Å²) in [5.41, 5.74) is 0.628. The molecular formula is C24H28F2N4O3. The molecule has 2 aliphatic carbocycles. The number of halogens is 2. The monoisotopic (exact) mass is 458 g/mol. The molecule has 3 aliphatic rings. The lowest BCUT2D eigenvalue weighted by Gasteiger charge is -2.31. The van der Waals surface area contributed by atoms with Crippen LogP contribution in [0.1, 0.15) is 45.1 Å². The average molecular weight is 459 g/mol. The van der Waals surface area contributed by atoms with Crippen molar-refractivity contribution in [2.24, 2.45) is 11.3 Å². The van der Waals surface area contributed by atoms with Crippen molar-refractivity contribution in [3.05, 3.63) is 41.7 Å². The van der Waals surface area contributed by atoms with Gasteiger partial charge in [0, 0.05) is 18.5 Å². The van der Waals surface area contributed by atoms with Crippen LogP contribution >= 0.6 is 0 Å². The van der Waals surface area contributed by atoms with Crippen molar-refractivity contribution in [1.29, 1.82) is 0 Å². The van der Waals surface area contributed by atoms with Crippen LogP contribution in [0.5, 0.6) is 5.88 Å². The molecule has 2 atom stereocenters. The molecule has 33 heavy (non-hydrogen) atoms. The molecule has 2 unspecified atom stereocenters. The van der Waals surface area contributed by atoms with Gasteiger partial charge < -0.3 is 19.7 Å². The quantitative estimate of drug-likeness (QED) is 0.640. The van der Waals surface area contributed by atoms with Gasteiger partial charge in [0.25, 0.3) is 5.88 Å². The number of hydrogen-bond acceptors (Lipinski definition) is 6. The van der Waals surface area contributed by atoms with Crippen molar-refractivity contribution < 1.29 is 23.0 Å². The molecule has 2 saturated carbocycles. The van der Waals surface area contributed by atoms with Gasteiger partial charge in [0.15, 0.2) is 5.82 Å². The molecule has 5 rings (SSSR count). The zero-order valence-corrected chi connectivity index (χ0v) is 18.9. The summed E-state index contributed by atoms with van der Waals surface area (Å²) in [6.07, 6.45) is 5.19. The third-order valence-corrected chi connectivity index (χ3v) is 7.17. The molecule has 1 amide bonds. The van der Waals surface area contributed by atoms with E-state index >= 15 is 0 Å². The minimum Gasteiger partial charge on any atom is -0.475 e. The fourth-order valence-corrected chi connectivity index (χ4v) is 4.44. The molecule has 1 saturated heterocycles. The second-order valence-corrected chi connectivity index (χ2v) is 9.70. The number of likely N-dealkylation sites (tertiary alicyclic amines) is 1. The number of aryl methyl sites for hydroxylation is 1. The number of amides is 1. The molecule has 2 heterocycles. The van der Waals surface area contributed by atoms with Crippen LogP contribution in [-0.4, -0.2) is 46.3 Å². The second kappa shape index (κ2) is 8.11. The molecule has 2 aromatic rings. The maximum atomic E-state index is 15.0. The van der Waals surface area contributed by atoms with Gasteiger partial charge in [0.05, 0.1) is 12.3 Å². The van der Waals surface area contributed by atoms with Gasteiger partial charge in [0.1, 0.15) is 17.7 Å². The number of hydrogen-bond donors (Lipinski definition) is 1. The van der Waals surface area contributed by atoms with Gasteiger partial charge in [-0.2, -0.15) is 9.37 Å². The highest BCUT2D eigenvalue weighted by atomic mass is 19.1.